The highest BCUT2D eigenvalue weighted by atomic mass is 16.4. The van der Waals surface area contributed by atoms with Crippen LogP contribution in [0.4, 0.5) is 5.95 Å². The van der Waals surface area contributed by atoms with Crippen LogP contribution in [0, 0.1) is 5.41 Å². The van der Waals surface area contributed by atoms with E-state index in [2.05, 4.69) is 10.3 Å². The zero-order valence-corrected chi connectivity index (χ0v) is 9.32. The van der Waals surface area contributed by atoms with Crippen molar-refractivity contribution in [3.8, 4) is 0 Å². The van der Waals surface area contributed by atoms with Crippen molar-refractivity contribution < 1.29 is 9.90 Å². The quantitative estimate of drug-likeness (QED) is 0.771. The number of carbonyl (C=O) groups is 1. The van der Waals surface area contributed by atoms with Crippen LogP contribution in [-0.4, -0.2) is 27.2 Å². The molecule has 0 spiro atoms. The predicted molar refractivity (Wildman–Crippen MR) is 57.7 cm³/mol. The summed E-state index contributed by atoms with van der Waals surface area (Å²) in [6, 6.07) is 0. The van der Waals surface area contributed by atoms with Crippen LogP contribution in [0.15, 0.2) is 12.4 Å². The third-order valence-corrected chi connectivity index (χ3v) is 2.75. The van der Waals surface area contributed by atoms with Gasteiger partial charge in [-0.05, 0) is 13.3 Å². The molecule has 2 N–H and O–H groups in total. The van der Waals surface area contributed by atoms with Gasteiger partial charge in [0.2, 0.25) is 5.95 Å². The highest BCUT2D eigenvalue weighted by molar-refractivity contribution is 5.74. The normalized spacial score (nSPS) is 14.6. The zero-order chi connectivity index (χ0) is 11.5. The molecule has 0 saturated carbocycles. The van der Waals surface area contributed by atoms with Gasteiger partial charge in [-0.25, -0.2) is 4.98 Å². The van der Waals surface area contributed by atoms with Gasteiger partial charge in [0.15, 0.2) is 0 Å². The Labute approximate surface area is 89.1 Å². The van der Waals surface area contributed by atoms with Crippen molar-refractivity contribution in [3.63, 3.8) is 0 Å². The van der Waals surface area contributed by atoms with E-state index in [-0.39, 0.29) is 0 Å². The van der Waals surface area contributed by atoms with Gasteiger partial charge in [0.05, 0.1) is 5.41 Å². The predicted octanol–water partition coefficient (Wildman–Crippen LogP) is 1.33. The molecule has 1 aromatic rings. The number of aromatic nitrogens is 2. The Morgan fingerprint density at radius 3 is 2.80 bits per heavy atom. The molecule has 0 amide bonds. The second kappa shape index (κ2) is 4.33. The molecular weight excluding hydrogens is 194 g/mol. The number of aliphatic carboxylic acids is 1. The highest BCUT2D eigenvalue weighted by Crippen LogP contribution is 2.21. The monoisotopic (exact) mass is 211 g/mol. The van der Waals surface area contributed by atoms with Crippen LogP contribution in [0.2, 0.25) is 0 Å². The lowest BCUT2D eigenvalue weighted by Gasteiger charge is -2.23. The van der Waals surface area contributed by atoms with Crippen molar-refractivity contribution in [2.75, 3.05) is 11.9 Å². The maximum absolute atomic E-state index is 11.0. The molecule has 15 heavy (non-hydrogen) atoms. The summed E-state index contributed by atoms with van der Waals surface area (Å²) in [4.78, 5) is 15.1. The van der Waals surface area contributed by atoms with Gasteiger partial charge in [-0.1, -0.05) is 6.92 Å². The number of carboxylic acids is 1. The van der Waals surface area contributed by atoms with Gasteiger partial charge in [-0.15, -0.1) is 0 Å². The van der Waals surface area contributed by atoms with E-state index in [1.165, 1.54) is 0 Å². The lowest BCUT2D eigenvalue weighted by molar-refractivity contribution is -0.147. The molecule has 0 bridgehead atoms. The maximum atomic E-state index is 11.0. The number of hydrogen-bond acceptors (Lipinski definition) is 3. The molecule has 1 rings (SSSR count). The Kier molecular flexibility index (Phi) is 3.34. The SMILES string of the molecule is CCC(C)(CNc1nccn1C)C(=O)O. The van der Waals surface area contributed by atoms with Gasteiger partial charge in [-0.3, -0.25) is 4.79 Å². The minimum Gasteiger partial charge on any atom is -0.481 e. The first-order valence-corrected chi connectivity index (χ1v) is 4.94. The first-order chi connectivity index (χ1) is 6.99. The molecule has 0 saturated heterocycles. The molecule has 1 aromatic heterocycles. The molecular formula is C10H17N3O2. The fourth-order valence-corrected chi connectivity index (χ4v) is 1.16. The topological polar surface area (TPSA) is 67.2 Å². The van der Waals surface area contributed by atoms with E-state index in [0.29, 0.717) is 18.9 Å². The highest BCUT2D eigenvalue weighted by Gasteiger charge is 2.31. The minimum absolute atomic E-state index is 0.379. The van der Waals surface area contributed by atoms with Crippen LogP contribution >= 0.6 is 0 Å². The number of carboxylic acid groups (broad SMARTS) is 1. The molecule has 84 valence electrons. The van der Waals surface area contributed by atoms with Gasteiger partial charge in [0.25, 0.3) is 0 Å². The van der Waals surface area contributed by atoms with Crippen molar-refractivity contribution >= 4 is 11.9 Å². The number of rotatable bonds is 5. The van der Waals surface area contributed by atoms with Gasteiger partial charge in [0, 0.05) is 26.0 Å². The van der Waals surface area contributed by atoms with Crippen LogP contribution < -0.4 is 5.32 Å². The van der Waals surface area contributed by atoms with E-state index >= 15 is 0 Å². The van der Waals surface area contributed by atoms with Crippen LogP contribution in [0.5, 0.6) is 0 Å². The third-order valence-electron chi connectivity index (χ3n) is 2.75. The van der Waals surface area contributed by atoms with E-state index < -0.39 is 11.4 Å². The fourth-order valence-electron chi connectivity index (χ4n) is 1.16. The Morgan fingerprint density at radius 1 is 1.73 bits per heavy atom. The number of nitrogens with one attached hydrogen (secondary N) is 1. The molecule has 5 nitrogen and oxygen atoms in total. The largest absolute Gasteiger partial charge is 0.481 e. The Morgan fingerprint density at radius 2 is 2.40 bits per heavy atom. The van der Waals surface area contributed by atoms with Crippen molar-refractivity contribution in [3.05, 3.63) is 12.4 Å². The van der Waals surface area contributed by atoms with E-state index in [1.807, 2.05) is 24.7 Å². The summed E-state index contributed by atoms with van der Waals surface area (Å²) in [5.74, 6) is -0.0948. The average Bonchev–Trinajstić information content (AvgIpc) is 2.60. The average molecular weight is 211 g/mol. The summed E-state index contributed by atoms with van der Waals surface area (Å²) in [5.41, 5.74) is -0.744. The van der Waals surface area contributed by atoms with Crippen molar-refractivity contribution in [1.82, 2.24) is 9.55 Å². The van der Waals surface area contributed by atoms with Crippen LogP contribution in [0.25, 0.3) is 0 Å². The Hall–Kier alpha value is -1.52. The molecule has 1 atom stereocenters. The van der Waals surface area contributed by atoms with Gasteiger partial charge in [0.1, 0.15) is 0 Å². The van der Waals surface area contributed by atoms with Crippen LogP contribution in [0.3, 0.4) is 0 Å². The number of anilines is 1. The number of aryl methyl sites for hydroxylation is 1. The number of imidazole rings is 1. The summed E-state index contributed by atoms with van der Waals surface area (Å²) in [5, 5.41) is 12.1. The zero-order valence-electron chi connectivity index (χ0n) is 9.32. The number of hydrogen-bond donors (Lipinski definition) is 2. The molecule has 1 heterocycles. The molecule has 5 heteroatoms. The molecule has 0 aromatic carbocycles. The third kappa shape index (κ3) is 2.49. The van der Waals surface area contributed by atoms with Crippen molar-refractivity contribution in [1.29, 1.82) is 0 Å². The van der Waals surface area contributed by atoms with E-state index in [4.69, 9.17) is 5.11 Å². The number of nitrogens with zero attached hydrogens (tertiary/aromatic N) is 2. The molecule has 0 fully saturated rings. The Bertz CT molecular complexity index is 348. The lowest BCUT2D eigenvalue weighted by Crippen LogP contribution is -2.34. The van der Waals surface area contributed by atoms with Crippen molar-refractivity contribution in [2.45, 2.75) is 20.3 Å². The first-order valence-electron chi connectivity index (χ1n) is 4.94. The summed E-state index contributed by atoms with van der Waals surface area (Å²) < 4.78 is 1.82. The molecule has 0 radical (unpaired) electrons. The Balaban J connectivity index is 2.63. The second-order valence-corrected chi connectivity index (χ2v) is 3.93. The summed E-state index contributed by atoms with van der Waals surface area (Å²) in [6.45, 7) is 3.98. The first kappa shape index (κ1) is 11.6. The maximum Gasteiger partial charge on any atom is 0.311 e. The smallest absolute Gasteiger partial charge is 0.311 e. The second-order valence-electron chi connectivity index (χ2n) is 3.93. The molecule has 0 aliphatic heterocycles. The summed E-state index contributed by atoms with van der Waals surface area (Å²) in [6.07, 6.45) is 4.07. The van der Waals surface area contributed by atoms with E-state index in [9.17, 15) is 4.79 Å². The van der Waals surface area contributed by atoms with Crippen LogP contribution in [-0.2, 0) is 11.8 Å². The molecule has 0 aliphatic rings. The van der Waals surface area contributed by atoms with Gasteiger partial charge < -0.3 is 15.0 Å². The summed E-state index contributed by atoms with van der Waals surface area (Å²) in [7, 11) is 1.86. The van der Waals surface area contributed by atoms with E-state index in [1.54, 1.807) is 13.1 Å². The van der Waals surface area contributed by atoms with Gasteiger partial charge >= 0.3 is 5.97 Å². The van der Waals surface area contributed by atoms with Crippen molar-refractivity contribution in [2.24, 2.45) is 12.5 Å². The molecule has 0 aliphatic carbocycles. The van der Waals surface area contributed by atoms with Crippen LogP contribution in [0.1, 0.15) is 20.3 Å². The standard InChI is InChI=1S/C10H17N3O2/c1-4-10(2,8(14)15)7-12-9-11-5-6-13(9)3/h5-6H,4,7H2,1-3H3,(H,11,12)(H,14,15). The molecule has 1 unspecified atom stereocenters. The summed E-state index contributed by atoms with van der Waals surface area (Å²) >= 11 is 0. The fraction of sp³-hybridized carbons (Fsp3) is 0.600. The van der Waals surface area contributed by atoms with Gasteiger partial charge in [-0.2, -0.15) is 0 Å². The minimum atomic E-state index is -0.785. The lowest BCUT2D eigenvalue weighted by atomic mass is 9.88. The van der Waals surface area contributed by atoms with E-state index in [0.717, 1.165) is 0 Å².